The van der Waals surface area contributed by atoms with Gasteiger partial charge in [0.2, 0.25) is 5.91 Å². The number of aliphatic hydroxyl groups is 2. The van der Waals surface area contributed by atoms with Crippen LogP contribution in [0.5, 0.6) is 0 Å². The number of hydrogen-bond acceptors (Lipinski definition) is 4. The number of carbonyl (C=O) groups excluding carboxylic acids is 1. The van der Waals surface area contributed by atoms with Crippen LogP contribution in [0.3, 0.4) is 0 Å². The van der Waals surface area contributed by atoms with Gasteiger partial charge in [0.25, 0.3) is 0 Å². The van der Waals surface area contributed by atoms with Crippen LogP contribution in [0.4, 0.5) is 8.78 Å². The molecule has 0 aromatic heterocycles. The van der Waals surface area contributed by atoms with Crippen molar-refractivity contribution in [1.29, 1.82) is 0 Å². The molecule has 0 aliphatic carbocycles. The molecule has 0 fully saturated rings. The van der Waals surface area contributed by atoms with Crippen LogP contribution in [0.1, 0.15) is 13.3 Å². The second-order valence-electron chi connectivity index (χ2n) is 4.36. The van der Waals surface area contributed by atoms with Crippen LogP contribution in [0.25, 0.3) is 0 Å². The molecule has 3 N–H and O–H groups in total. The molecule has 4 nitrogen and oxygen atoms in total. The smallest absolute Gasteiger partial charge is 0.230 e. The first kappa shape index (κ1) is 16.9. The molecule has 7 heteroatoms. The number of aliphatic hydroxyl groups excluding tert-OH is 2. The van der Waals surface area contributed by atoms with Crippen molar-refractivity contribution in [2.24, 2.45) is 0 Å². The molecule has 0 saturated heterocycles. The lowest BCUT2D eigenvalue weighted by Crippen LogP contribution is -2.54. The van der Waals surface area contributed by atoms with Crippen molar-refractivity contribution in [2.45, 2.75) is 23.8 Å². The summed E-state index contributed by atoms with van der Waals surface area (Å²) in [4.78, 5) is 11.9. The largest absolute Gasteiger partial charge is 0.394 e. The molecule has 0 spiro atoms. The third kappa shape index (κ3) is 4.43. The highest BCUT2D eigenvalue weighted by Crippen LogP contribution is 2.22. The predicted molar refractivity (Wildman–Crippen MR) is 72.4 cm³/mol. The van der Waals surface area contributed by atoms with E-state index in [1.54, 1.807) is 6.92 Å². The molecule has 0 aliphatic heterocycles. The highest BCUT2D eigenvalue weighted by molar-refractivity contribution is 8.00. The summed E-state index contributed by atoms with van der Waals surface area (Å²) >= 11 is 0.919. The lowest BCUT2D eigenvalue weighted by molar-refractivity contribution is -0.121. The highest BCUT2D eigenvalue weighted by atomic mass is 32.2. The molecular weight excluding hydrogens is 288 g/mol. The van der Waals surface area contributed by atoms with Crippen molar-refractivity contribution in [2.75, 3.05) is 19.0 Å². The molecule has 0 bridgehead atoms. The Morgan fingerprint density at radius 1 is 1.35 bits per heavy atom. The number of rotatable bonds is 7. The zero-order chi connectivity index (χ0) is 15.2. The van der Waals surface area contributed by atoms with E-state index in [-0.39, 0.29) is 23.9 Å². The minimum atomic E-state index is -1.07. The fourth-order valence-electron chi connectivity index (χ4n) is 1.51. The Morgan fingerprint density at radius 3 is 2.50 bits per heavy atom. The predicted octanol–water partition coefficient (Wildman–Crippen LogP) is 1.31. The third-order valence-corrected chi connectivity index (χ3v) is 3.99. The fourth-order valence-corrected chi connectivity index (χ4v) is 2.23. The van der Waals surface area contributed by atoms with Crippen LogP contribution in [-0.4, -0.2) is 40.6 Å². The summed E-state index contributed by atoms with van der Waals surface area (Å²) in [7, 11) is 0. The van der Waals surface area contributed by atoms with E-state index in [2.05, 4.69) is 5.32 Å². The fraction of sp³-hybridized carbons (Fsp3) is 0.462. The number of carbonyl (C=O) groups is 1. The van der Waals surface area contributed by atoms with Crippen LogP contribution >= 0.6 is 11.8 Å². The van der Waals surface area contributed by atoms with E-state index in [1.807, 2.05) is 0 Å². The SMILES string of the molecule is CCC(CO)(CO)NC(=O)CSc1ccc(F)cc1F. The van der Waals surface area contributed by atoms with Crippen molar-refractivity contribution in [1.82, 2.24) is 5.32 Å². The van der Waals surface area contributed by atoms with E-state index < -0.39 is 23.1 Å². The Kier molecular flexibility index (Phi) is 6.38. The Bertz CT molecular complexity index is 459. The maximum Gasteiger partial charge on any atom is 0.230 e. The molecule has 0 radical (unpaired) electrons. The summed E-state index contributed by atoms with van der Waals surface area (Å²) in [6.45, 7) is 0.947. The number of nitrogens with one attached hydrogen (secondary N) is 1. The summed E-state index contributed by atoms with van der Waals surface area (Å²) in [5, 5.41) is 20.9. The first-order valence-corrected chi connectivity index (χ1v) is 7.05. The summed E-state index contributed by atoms with van der Waals surface area (Å²) in [6, 6.07) is 3.12. The normalized spacial score (nSPS) is 11.4. The van der Waals surface area contributed by atoms with Gasteiger partial charge in [-0.15, -0.1) is 11.8 Å². The standard InChI is InChI=1S/C13H17F2NO3S/c1-2-13(7-17,8-18)16-12(19)6-20-11-4-3-9(14)5-10(11)15/h3-5,17-18H,2,6-8H2,1H3,(H,16,19). The maximum absolute atomic E-state index is 13.4. The van der Waals surface area contributed by atoms with Gasteiger partial charge in [0.15, 0.2) is 0 Å². The van der Waals surface area contributed by atoms with Crippen molar-refractivity contribution >= 4 is 17.7 Å². The quantitative estimate of drug-likeness (QED) is 0.664. The van der Waals surface area contributed by atoms with Crippen LogP contribution in [0.2, 0.25) is 0 Å². The monoisotopic (exact) mass is 305 g/mol. The van der Waals surface area contributed by atoms with Crippen molar-refractivity contribution in [3.8, 4) is 0 Å². The van der Waals surface area contributed by atoms with Gasteiger partial charge in [-0.3, -0.25) is 4.79 Å². The lowest BCUT2D eigenvalue weighted by Gasteiger charge is -2.29. The van der Waals surface area contributed by atoms with E-state index in [4.69, 9.17) is 0 Å². The van der Waals surface area contributed by atoms with E-state index in [1.165, 1.54) is 6.07 Å². The van der Waals surface area contributed by atoms with Gasteiger partial charge in [-0.05, 0) is 18.6 Å². The molecule has 0 aliphatic rings. The second kappa shape index (κ2) is 7.56. The summed E-state index contributed by atoms with van der Waals surface area (Å²) in [6.07, 6.45) is 0.362. The molecule has 20 heavy (non-hydrogen) atoms. The Morgan fingerprint density at radius 2 is 2.00 bits per heavy atom. The molecule has 112 valence electrons. The van der Waals surface area contributed by atoms with Gasteiger partial charge in [0.05, 0.1) is 24.5 Å². The lowest BCUT2D eigenvalue weighted by atomic mass is 9.99. The minimum absolute atomic E-state index is 0.0930. The van der Waals surface area contributed by atoms with Gasteiger partial charge in [-0.1, -0.05) is 6.92 Å². The van der Waals surface area contributed by atoms with Gasteiger partial charge in [-0.2, -0.15) is 0 Å². The molecule has 1 rings (SSSR count). The van der Waals surface area contributed by atoms with E-state index in [0.717, 1.165) is 23.9 Å². The van der Waals surface area contributed by atoms with Crippen molar-refractivity contribution in [3.63, 3.8) is 0 Å². The third-order valence-electron chi connectivity index (χ3n) is 2.94. The molecule has 1 aromatic rings. The van der Waals surface area contributed by atoms with Crippen LogP contribution < -0.4 is 5.32 Å². The molecule has 0 saturated carbocycles. The van der Waals surface area contributed by atoms with Gasteiger partial charge >= 0.3 is 0 Å². The molecule has 0 unspecified atom stereocenters. The average Bonchev–Trinajstić information content (AvgIpc) is 2.44. The van der Waals surface area contributed by atoms with E-state index in [0.29, 0.717) is 6.42 Å². The Hall–Kier alpha value is -1.18. The number of halogens is 2. The molecule has 0 heterocycles. The zero-order valence-electron chi connectivity index (χ0n) is 11.0. The highest BCUT2D eigenvalue weighted by Gasteiger charge is 2.28. The molecule has 1 amide bonds. The van der Waals surface area contributed by atoms with Gasteiger partial charge in [0.1, 0.15) is 11.6 Å². The van der Waals surface area contributed by atoms with Gasteiger partial charge in [0, 0.05) is 11.0 Å². The van der Waals surface area contributed by atoms with Crippen LogP contribution in [0.15, 0.2) is 23.1 Å². The summed E-state index contributed by atoms with van der Waals surface area (Å²) in [5.41, 5.74) is -1.07. The molecule has 0 atom stereocenters. The topological polar surface area (TPSA) is 69.6 Å². The van der Waals surface area contributed by atoms with Crippen molar-refractivity contribution in [3.05, 3.63) is 29.8 Å². The number of benzene rings is 1. The maximum atomic E-state index is 13.4. The number of thioether (sulfide) groups is 1. The van der Waals surface area contributed by atoms with Gasteiger partial charge in [-0.25, -0.2) is 8.78 Å². The van der Waals surface area contributed by atoms with Crippen LogP contribution in [-0.2, 0) is 4.79 Å². The first-order chi connectivity index (χ1) is 9.46. The number of amides is 1. The van der Waals surface area contributed by atoms with Gasteiger partial charge < -0.3 is 15.5 Å². The zero-order valence-corrected chi connectivity index (χ0v) is 11.8. The summed E-state index contributed by atoms with van der Waals surface area (Å²) < 4.78 is 26.1. The average molecular weight is 305 g/mol. The van der Waals surface area contributed by atoms with Crippen molar-refractivity contribution < 1.29 is 23.8 Å². The Balaban J connectivity index is 2.59. The van der Waals surface area contributed by atoms with Crippen LogP contribution in [0, 0.1) is 11.6 Å². The number of hydrogen-bond donors (Lipinski definition) is 3. The molecule has 1 aromatic carbocycles. The Labute approximate surface area is 120 Å². The van der Waals surface area contributed by atoms with E-state index >= 15 is 0 Å². The first-order valence-electron chi connectivity index (χ1n) is 6.07. The minimum Gasteiger partial charge on any atom is -0.394 e. The van der Waals surface area contributed by atoms with E-state index in [9.17, 15) is 23.8 Å². The second-order valence-corrected chi connectivity index (χ2v) is 5.38. The molecular formula is C13H17F2NO3S. The summed E-state index contributed by atoms with van der Waals surface area (Å²) in [5.74, 6) is -1.94.